The predicted molar refractivity (Wildman–Crippen MR) is 153 cm³/mol. The maximum atomic E-state index is 14.1. The lowest BCUT2D eigenvalue weighted by molar-refractivity contribution is -0.143. The fourth-order valence-electron chi connectivity index (χ4n) is 7.22. The van der Waals surface area contributed by atoms with Crippen molar-refractivity contribution in [2.45, 2.75) is 101 Å². The number of aliphatic hydroxyl groups excluding tert-OH is 1. The first-order chi connectivity index (χ1) is 18.3. The minimum Gasteiger partial charge on any atom is -0.396 e. The lowest BCUT2D eigenvalue weighted by atomic mass is 9.70. The summed E-state index contributed by atoms with van der Waals surface area (Å²) < 4.78 is 6.59. The van der Waals surface area contributed by atoms with Crippen molar-refractivity contribution in [2.24, 2.45) is 17.3 Å². The number of aliphatic hydroxyl groups is 1. The second-order valence-corrected chi connectivity index (χ2v) is 14.5. The number of amides is 3. The van der Waals surface area contributed by atoms with Gasteiger partial charge in [-0.05, 0) is 56.9 Å². The molecule has 0 saturated carbocycles. The molecule has 216 valence electrons. The number of carbonyl (C=O) groups excluding carboxylic acids is 3. The molecule has 4 rings (SSSR count). The van der Waals surface area contributed by atoms with Gasteiger partial charge in [0, 0.05) is 30.1 Å². The van der Waals surface area contributed by atoms with Gasteiger partial charge in [0.2, 0.25) is 17.7 Å². The van der Waals surface area contributed by atoms with Crippen molar-refractivity contribution in [1.29, 1.82) is 0 Å². The number of carbonyl (C=O) groups is 3. The van der Waals surface area contributed by atoms with E-state index in [0.29, 0.717) is 32.4 Å². The molecule has 0 radical (unpaired) electrons. The number of halogens is 1. The van der Waals surface area contributed by atoms with E-state index in [9.17, 15) is 19.5 Å². The van der Waals surface area contributed by atoms with Crippen LogP contribution in [0.3, 0.4) is 0 Å². The van der Waals surface area contributed by atoms with Gasteiger partial charge in [-0.15, -0.1) is 0 Å². The number of hydrogen-bond donors (Lipinski definition) is 3. The topological polar surface area (TPSA) is 108 Å². The third kappa shape index (κ3) is 6.20. The fourth-order valence-corrected chi connectivity index (χ4v) is 8.16. The first kappa shape index (κ1) is 30.0. The lowest BCUT2D eigenvalue weighted by Gasteiger charge is -2.38. The second-order valence-electron chi connectivity index (χ2n) is 13.3. The molecule has 3 amide bonds. The maximum absolute atomic E-state index is 14.1. The Morgan fingerprint density at radius 1 is 1.10 bits per heavy atom. The highest BCUT2D eigenvalue weighted by Crippen LogP contribution is 2.60. The predicted octanol–water partition coefficient (Wildman–Crippen LogP) is 3.54. The van der Waals surface area contributed by atoms with E-state index in [4.69, 9.17) is 4.74 Å². The SMILES string of the molecule is CC(C)(C)CC(C)(C)NC(=O)C1N(CCCCCO)C(=O)[C@@H]2[C@H](C(=O)NCc3ccccc3)[C@H]3OC12CC3Br. The number of nitrogens with one attached hydrogen (secondary N) is 2. The fraction of sp³-hybridized carbons (Fsp3) is 0.700. The molecule has 39 heavy (non-hydrogen) atoms. The zero-order valence-corrected chi connectivity index (χ0v) is 25.4. The average molecular weight is 607 g/mol. The van der Waals surface area contributed by atoms with Crippen LogP contribution in [0.2, 0.25) is 0 Å². The molecular weight excluding hydrogens is 562 g/mol. The monoisotopic (exact) mass is 605 g/mol. The summed E-state index contributed by atoms with van der Waals surface area (Å²) in [6.07, 6.45) is 2.81. The molecule has 2 bridgehead atoms. The Bertz CT molecular complexity index is 1060. The van der Waals surface area contributed by atoms with E-state index < -0.39 is 35.1 Å². The standard InChI is InChI=1S/C30H44BrN3O5/c1-28(2,3)18-29(4,5)33-26(37)24-30-16-20(31)23(39-30)21(25(36)32-17-19-12-8-6-9-13-19)22(30)27(38)34(24)14-10-7-11-15-35/h6,8-9,12-13,20-24,35H,7,10-11,14-18H2,1-5H3,(H,32,36)(H,33,37)/t20?,21-,22-,23-,24?,30?/m0/s1. The molecule has 3 unspecified atom stereocenters. The van der Waals surface area contributed by atoms with Crippen LogP contribution in [0.5, 0.6) is 0 Å². The number of rotatable bonds is 11. The molecular formula is C30H44BrN3O5. The molecule has 0 aliphatic carbocycles. The van der Waals surface area contributed by atoms with Gasteiger partial charge in [-0.1, -0.05) is 67.0 Å². The highest BCUT2D eigenvalue weighted by molar-refractivity contribution is 9.09. The van der Waals surface area contributed by atoms with Gasteiger partial charge in [0.15, 0.2) is 0 Å². The Morgan fingerprint density at radius 3 is 2.44 bits per heavy atom. The minimum atomic E-state index is -1.07. The zero-order valence-electron chi connectivity index (χ0n) is 23.8. The first-order valence-corrected chi connectivity index (χ1v) is 15.1. The number of fused-ring (bicyclic) bond motifs is 1. The summed E-state index contributed by atoms with van der Waals surface area (Å²) in [5, 5.41) is 15.5. The third-order valence-corrected chi connectivity index (χ3v) is 8.99. The van der Waals surface area contributed by atoms with Crippen molar-refractivity contribution in [3.8, 4) is 0 Å². The van der Waals surface area contributed by atoms with Crippen LogP contribution in [0.4, 0.5) is 0 Å². The van der Waals surface area contributed by atoms with Crippen LogP contribution < -0.4 is 10.6 Å². The quantitative estimate of drug-likeness (QED) is 0.264. The van der Waals surface area contributed by atoms with Gasteiger partial charge >= 0.3 is 0 Å². The van der Waals surface area contributed by atoms with Gasteiger partial charge < -0.3 is 25.4 Å². The summed E-state index contributed by atoms with van der Waals surface area (Å²) in [4.78, 5) is 43.2. The summed E-state index contributed by atoms with van der Waals surface area (Å²) >= 11 is 3.73. The Kier molecular flexibility index (Phi) is 8.84. The summed E-state index contributed by atoms with van der Waals surface area (Å²) in [7, 11) is 0. The number of likely N-dealkylation sites (tertiary alicyclic amines) is 1. The van der Waals surface area contributed by atoms with Crippen LogP contribution in [0, 0.1) is 17.3 Å². The summed E-state index contributed by atoms with van der Waals surface area (Å²) in [6.45, 7) is 11.3. The Labute approximate surface area is 240 Å². The molecule has 1 spiro atoms. The maximum Gasteiger partial charge on any atom is 0.246 e. The van der Waals surface area contributed by atoms with Crippen LogP contribution in [0.25, 0.3) is 0 Å². The van der Waals surface area contributed by atoms with E-state index in [0.717, 1.165) is 18.4 Å². The summed E-state index contributed by atoms with van der Waals surface area (Å²) in [5.41, 5.74) is -0.587. The van der Waals surface area contributed by atoms with Gasteiger partial charge in [-0.2, -0.15) is 0 Å². The molecule has 3 N–H and O–H groups in total. The smallest absolute Gasteiger partial charge is 0.246 e. The van der Waals surface area contributed by atoms with Crippen LogP contribution in [0.15, 0.2) is 30.3 Å². The zero-order chi connectivity index (χ0) is 28.6. The number of unbranched alkanes of at least 4 members (excludes halogenated alkanes) is 2. The molecule has 9 heteroatoms. The molecule has 3 fully saturated rings. The second kappa shape index (κ2) is 11.5. The number of hydrogen-bond acceptors (Lipinski definition) is 5. The van der Waals surface area contributed by atoms with E-state index in [1.54, 1.807) is 4.90 Å². The molecule has 3 heterocycles. The Balaban J connectivity index is 1.61. The van der Waals surface area contributed by atoms with Crippen molar-refractivity contribution in [3.05, 3.63) is 35.9 Å². The molecule has 1 aromatic carbocycles. The minimum absolute atomic E-state index is 0.00170. The van der Waals surface area contributed by atoms with E-state index in [1.807, 2.05) is 44.2 Å². The summed E-state index contributed by atoms with van der Waals surface area (Å²) in [6, 6.07) is 8.84. The van der Waals surface area contributed by atoms with Gasteiger partial charge in [0.1, 0.15) is 11.6 Å². The number of alkyl halides is 1. The molecule has 3 aliphatic rings. The van der Waals surface area contributed by atoms with Crippen LogP contribution in [-0.4, -0.2) is 69.0 Å². The average Bonchev–Trinajstić information content (AvgIpc) is 3.42. The van der Waals surface area contributed by atoms with Gasteiger partial charge in [0.25, 0.3) is 0 Å². The van der Waals surface area contributed by atoms with E-state index in [-0.39, 0.29) is 34.6 Å². The van der Waals surface area contributed by atoms with Crippen molar-refractivity contribution in [3.63, 3.8) is 0 Å². The highest BCUT2D eigenvalue weighted by atomic mass is 79.9. The van der Waals surface area contributed by atoms with Gasteiger partial charge in [-0.3, -0.25) is 14.4 Å². The van der Waals surface area contributed by atoms with Crippen molar-refractivity contribution < 1.29 is 24.2 Å². The number of ether oxygens (including phenoxy) is 1. The van der Waals surface area contributed by atoms with Gasteiger partial charge in [0.05, 0.1) is 17.9 Å². The molecule has 3 saturated heterocycles. The molecule has 8 nitrogen and oxygen atoms in total. The van der Waals surface area contributed by atoms with E-state index >= 15 is 0 Å². The Morgan fingerprint density at radius 2 is 1.79 bits per heavy atom. The van der Waals surface area contributed by atoms with Crippen LogP contribution in [0.1, 0.15) is 72.3 Å². The van der Waals surface area contributed by atoms with E-state index in [2.05, 4.69) is 47.3 Å². The van der Waals surface area contributed by atoms with Crippen molar-refractivity contribution in [1.82, 2.24) is 15.5 Å². The largest absolute Gasteiger partial charge is 0.396 e. The van der Waals surface area contributed by atoms with Crippen molar-refractivity contribution >= 4 is 33.7 Å². The number of benzene rings is 1. The Hall–Kier alpha value is -1.97. The van der Waals surface area contributed by atoms with Crippen molar-refractivity contribution in [2.75, 3.05) is 13.2 Å². The highest BCUT2D eigenvalue weighted by Gasteiger charge is 2.76. The summed E-state index contributed by atoms with van der Waals surface area (Å²) in [5.74, 6) is -2.03. The molecule has 6 atom stereocenters. The van der Waals surface area contributed by atoms with Gasteiger partial charge in [-0.25, -0.2) is 0 Å². The first-order valence-electron chi connectivity index (χ1n) is 14.2. The van der Waals surface area contributed by atoms with E-state index in [1.165, 1.54) is 0 Å². The third-order valence-electron chi connectivity index (χ3n) is 8.14. The van der Waals surface area contributed by atoms with Crippen LogP contribution in [-0.2, 0) is 25.7 Å². The molecule has 1 aromatic rings. The number of nitrogens with zero attached hydrogens (tertiary/aromatic N) is 1. The molecule has 0 aromatic heterocycles. The normalized spacial score (nSPS) is 30.0. The molecule has 3 aliphatic heterocycles. The lowest BCUT2D eigenvalue weighted by Crippen LogP contribution is -2.59. The van der Waals surface area contributed by atoms with Crippen LogP contribution >= 0.6 is 15.9 Å².